The van der Waals surface area contributed by atoms with Gasteiger partial charge in [0.1, 0.15) is 0 Å². The topological polar surface area (TPSA) is 35.2 Å². The SMILES string of the molecule is CC1(C(N)C2CCCCC2)CCCCO1. The summed E-state index contributed by atoms with van der Waals surface area (Å²) >= 11 is 0. The van der Waals surface area contributed by atoms with Crippen LogP contribution in [0.5, 0.6) is 0 Å². The molecule has 2 N–H and O–H groups in total. The summed E-state index contributed by atoms with van der Waals surface area (Å²) in [6.45, 7) is 3.14. The Morgan fingerprint density at radius 3 is 2.47 bits per heavy atom. The van der Waals surface area contributed by atoms with Gasteiger partial charge in [-0.3, -0.25) is 0 Å². The smallest absolute Gasteiger partial charge is 0.0807 e. The predicted molar refractivity (Wildman–Crippen MR) is 62.8 cm³/mol. The van der Waals surface area contributed by atoms with Gasteiger partial charge in [-0.15, -0.1) is 0 Å². The third-order valence-corrected chi connectivity index (χ3v) is 4.36. The van der Waals surface area contributed by atoms with Gasteiger partial charge in [-0.25, -0.2) is 0 Å². The lowest BCUT2D eigenvalue weighted by Gasteiger charge is -2.43. The van der Waals surface area contributed by atoms with E-state index < -0.39 is 0 Å². The zero-order valence-corrected chi connectivity index (χ0v) is 10.0. The fourth-order valence-electron chi connectivity index (χ4n) is 3.21. The molecule has 88 valence electrons. The van der Waals surface area contributed by atoms with Crippen molar-refractivity contribution >= 4 is 0 Å². The van der Waals surface area contributed by atoms with Gasteiger partial charge in [0.05, 0.1) is 5.60 Å². The average Bonchev–Trinajstić information content (AvgIpc) is 2.30. The van der Waals surface area contributed by atoms with Crippen molar-refractivity contribution in [1.82, 2.24) is 0 Å². The quantitative estimate of drug-likeness (QED) is 0.762. The molecule has 2 unspecified atom stereocenters. The normalized spacial score (nSPS) is 36.4. The Morgan fingerprint density at radius 2 is 1.87 bits per heavy atom. The van der Waals surface area contributed by atoms with Crippen molar-refractivity contribution in [3.63, 3.8) is 0 Å². The molecule has 2 nitrogen and oxygen atoms in total. The number of ether oxygens (including phenoxy) is 1. The highest BCUT2D eigenvalue weighted by Gasteiger charge is 2.38. The van der Waals surface area contributed by atoms with Gasteiger partial charge in [0, 0.05) is 12.6 Å². The first-order valence-corrected chi connectivity index (χ1v) is 6.62. The van der Waals surface area contributed by atoms with E-state index >= 15 is 0 Å². The van der Waals surface area contributed by atoms with E-state index in [1.807, 2.05) is 0 Å². The molecule has 15 heavy (non-hydrogen) atoms. The molecule has 2 heteroatoms. The molecule has 0 aromatic carbocycles. The van der Waals surface area contributed by atoms with E-state index in [0.717, 1.165) is 13.0 Å². The third kappa shape index (κ3) is 2.54. The summed E-state index contributed by atoms with van der Waals surface area (Å²) in [4.78, 5) is 0. The molecular formula is C13H25NO. The highest BCUT2D eigenvalue weighted by Crippen LogP contribution is 2.35. The molecule has 1 saturated carbocycles. The van der Waals surface area contributed by atoms with Crippen molar-refractivity contribution < 1.29 is 4.74 Å². The number of nitrogens with two attached hydrogens (primary N) is 1. The van der Waals surface area contributed by atoms with Crippen molar-refractivity contribution in [2.75, 3.05) is 6.61 Å². The summed E-state index contributed by atoms with van der Waals surface area (Å²) in [5.41, 5.74) is 6.40. The molecule has 0 radical (unpaired) electrons. The molecule has 0 bridgehead atoms. The van der Waals surface area contributed by atoms with Gasteiger partial charge in [0.25, 0.3) is 0 Å². The Labute approximate surface area is 93.6 Å². The van der Waals surface area contributed by atoms with Crippen LogP contribution in [0, 0.1) is 5.92 Å². The fraction of sp³-hybridized carbons (Fsp3) is 1.00. The maximum atomic E-state index is 6.43. The molecular weight excluding hydrogens is 186 g/mol. The monoisotopic (exact) mass is 211 g/mol. The van der Waals surface area contributed by atoms with Crippen LogP contribution >= 0.6 is 0 Å². The number of rotatable bonds is 2. The van der Waals surface area contributed by atoms with Gasteiger partial charge in [-0.05, 0) is 44.9 Å². The Bertz CT molecular complexity index is 193. The summed E-state index contributed by atoms with van der Waals surface area (Å²) in [6.07, 6.45) is 10.4. The average molecular weight is 211 g/mol. The molecule has 1 aliphatic heterocycles. The molecule has 1 saturated heterocycles. The molecule has 0 amide bonds. The molecule has 2 atom stereocenters. The van der Waals surface area contributed by atoms with E-state index in [2.05, 4.69) is 6.92 Å². The number of hydrogen-bond acceptors (Lipinski definition) is 2. The van der Waals surface area contributed by atoms with E-state index in [9.17, 15) is 0 Å². The summed E-state index contributed by atoms with van der Waals surface area (Å²) in [7, 11) is 0. The first kappa shape index (κ1) is 11.4. The van der Waals surface area contributed by atoms with Crippen LogP contribution in [0.3, 0.4) is 0 Å². The van der Waals surface area contributed by atoms with Crippen LogP contribution < -0.4 is 5.73 Å². The van der Waals surface area contributed by atoms with Crippen LogP contribution in [0.25, 0.3) is 0 Å². The Hall–Kier alpha value is -0.0800. The lowest BCUT2D eigenvalue weighted by atomic mass is 9.75. The van der Waals surface area contributed by atoms with Gasteiger partial charge in [-0.1, -0.05) is 19.3 Å². The largest absolute Gasteiger partial charge is 0.374 e. The minimum atomic E-state index is -0.0275. The molecule has 0 spiro atoms. The van der Waals surface area contributed by atoms with Crippen molar-refractivity contribution in [3.8, 4) is 0 Å². The highest BCUT2D eigenvalue weighted by atomic mass is 16.5. The first-order valence-electron chi connectivity index (χ1n) is 6.62. The van der Waals surface area contributed by atoms with Crippen LogP contribution in [-0.4, -0.2) is 18.2 Å². The Morgan fingerprint density at radius 1 is 1.13 bits per heavy atom. The zero-order chi connectivity index (χ0) is 10.7. The Kier molecular flexibility index (Phi) is 3.68. The fourth-order valence-corrected chi connectivity index (χ4v) is 3.21. The molecule has 0 aromatic heterocycles. The molecule has 0 aromatic rings. The van der Waals surface area contributed by atoms with Crippen molar-refractivity contribution in [1.29, 1.82) is 0 Å². The molecule has 2 aliphatic rings. The van der Waals surface area contributed by atoms with Gasteiger partial charge in [-0.2, -0.15) is 0 Å². The summed E-state index contributed by atoms with van der Waals surface area (Å²) in [5.74, 6) is 0.710. The predicted octanol–water partition coefficient (Wildman–Crippen LogP) is 2.85. The second-order valence-electron chi connectivity index (χ2n) is 5.54. The minimum Gasteiger partial charge on any atom is -0.374 e. The molecule has 1 heterocycles. The molecule has 1 aliphatic carbocycles. The molecule has 2 fully saturated rings. The van der Waals surface area contributed by atoms with Crippen LogP contribution in [0.2, 0.25) is 0 Å². The first-order chi connectivity index (χ1) is 7.22. The van der Waals surface area contributed by atoms with Crippen molar-refractivity contribution in [2.45, 2.75) is 69.9 Å². The number of hydrogen-bond donors (Lipinski definition) is 1. The van der Waals surface area contributed by atoms with Crippen molar-refractivity contribution in [3.05, 3.63) is 0 Å². The Balaban J connectivity index is 1.94. The lowest BCUT2D eigenvalue weighted by molar-refractivity contribution is -0.0944. The van der Waals surface area contributed by atoms with Gasteiger partial charge < -0.3 is 10.5 Å². The molecule has 2 rings (SSSR count). The minimum absolute atomic E-state index is 0.0275. The maximum Gasteiger partial charge on any atom is 0.0807 e. The summed E-state index contributed by atoms with van der Waals surface area (Å²) < 4.78 is 5.96. The van der Waals surface area contributed by atoms with Gasteiger partial charge in [0.2, 0.25) is 0 Å². The van der Waals surface area contributed by atoms with E-state index in [1.54, 1.807) is 0 Å². The van der Waals surface area contributed by atoms with E-state index in [4.69, 9.17) is 10.5 Å². The zero-order valence-electron chi connectivity index (χ0n) is 10.0. The van der Waals surface area contributed by atoms with Gasteiger partial charge in [0.15, 0.2) is 0 Å². The second kappa shape index (κ2) is 4.84. The van der Waals surface area contributed by atoms with E-state index in [-0.39, 0.29) is 11.6 Å². The standard InChI is InChI=1S/C13H25NO/c1-13(9-5-6-10-15-13)12(14)11-7-3-2-4-8-11/h11-12H,2-10,14H2,1H3. The second-order valence-corrected chi connectivity index (χ2v) is 5.54. The van der Waals surface area contributed by atoms with Crippen LogP contribution in [0.4, 0.5) is 0 Å². The summed E-state index contributed by atoms with van der Waals surface area (Å²) in [6, 6.07) is 0.262. The maximum absolute atomic E-state index is 6.43. The third-order valence-electron chi connectivity index (χ3n) is 4.36. The highest BCUT2D eigenvalue weighted by molar-refractivity contribution is 4.94. The van der Waals surface area contributed by atoms with Crippen LogP contribution in [0.15, 0.2) is 0 Å². The van der Waals surface area contributed by atoms with E-state index in [1.165, 1.54) is 44.9 Å². The van der Waals surface area contributed by atoms with Crippen LogP contribution in [-0.2, 0) is 4.74 Å². The van der Waals surface area contributed by atoms with Gasteiger partial charge >= 0.3 is 0 Å². The summed E-state index contributed by atoms with van der Waals surface area (Å²) in [5, 5.41) is 0. The van der Waals surface area contributed by atoms with E-state index in [0.29, 0.717) is 5.92 Å². The lowest BCUT2D eigenvalue weighted by Crippen LogP contribution is -2.53. The van der Waals surface area contributed by atoms with Crippen molar-refractivity contribution in [2.24, 2.45) is 11.7 Å². The van der Waals surface area contributed by atoms with Crippen LogP contribution in [0.1, 0.15) is 58.3 Å².